The van der Waals surface area contributed by atoms with Crippen LogP contribution < -0.4 is 9.47 Å². The quantitative estimate of drug-likeness (QED) is 0.397. The normalized spacial score (nSPS) is 16.2. The number of halogens is 3. The third-order valence-electron chi connectivity index (χ3n) is 6.03. The molecule has 0 saturated carbocycles. The van der Waals surface area contributed by atoms with Gasteiger partial charge in [0.25, 0.3) is 5.91 Å². The lowest BCUT2D eigenvalue weighted by Gasteiger charge is -2.24. The van der Waals surface area contributed by atoms with Crippen LogP contribution >= 0.6 is 23.2 Å². The number of hydrogen-bond donors (Lipinski definition) is 1. The summed E-state index contributed by atoms with van der Waals surface area (Å²) in [4.78, 5) is 26.0. The maximum Gasteiger partial charge on any atom is 0.323 e. The fourth-order valence-electron chi connectivity index (χ4n) is 4.42. The number of rotatable bonds is 8. The minimum atomic E-state index is -1.23. The Labute approximate surface area is 218 Å². The Kier molecular flexibility index (Phi) is 7.43. The molecule has 3 aromatic rings. The number of carbonyl (C=O) groups is 2. The molecule has 3 aromatic carbocycles. The van der Waals surface area contributed by atoms with E-state index in [1.807, 2.05) is 31.2 Å². The number of aliphatic carboxylic acids is 1. The van der Waals surface area contributed by atoms with Gasteiger partial charge in [-0.2, -0.15) is 0 Å². The molecule has 1 aliphatic heterocycles. The van der Waals surface area contributed by atoms with Gasteiger partial charge >= 0.3 is 5.97 Å². The fourth-order valence-corrected chi connectivity index (χ4v) is 4.77. The number of carboxylic acid groups (broad SMARTS) is 1. The molecule has 1 unspecified atom stereocenters. The summed E-state index contributed by atoms with van der Waals surface area (Å²) in [7, 11) is 1.47. The van der Waals surface area contributed by atoms with Gasteiger partial charge in [0.15, 0.2) is 11.5 Å². The molecule has 0 aromatic heterocycles. The number of carboxylic acids is 1. The first-order chi connectivity index (χ1) is 17.1. The van der Waals surface area contributed by atoms with E-state index >= 15 is 0 Å². The van der Waals surface area contributed by atoms with Crippen LogP contribution in [0.1, 0.15) is 34.0 Å². The van der Waals surface area contributed by atoms with Crippen LogP contribution in [0.3, 0.4) is 0 Å². The Morgan fingerprint density at radius 1 is 1.17 bits per heavy atom. The van der Waals surface area contributed by atoms with Crippen LogP contribution in [0, 0.1) is 5.82 Å². The standard InChI is InChI=1S/C27H24Cl2FNO5/c1-27(12-16-6-8-19(28)9-7-16)13-18-10-17(11-23(35-2)25(18)36-27)26(34)31(15-24(32)33)14-20-21(29)4-3-5-22(20)30/h3-11H,12-15H2,1-2H3,(H,32,33). The van der Waals surface area contributed by atoms with E-state index in [0.717, 1.165) is 16.0 Å². The van der Waals surface area contributed by atoms with Gasteiger partial charge in [-0.15, -0.1) is 0 Å². The van der Waals surface area contributed by atoms with Crippen molar-refractivity contribution in [2.24, 2.45) is 0 Å². The van der Waals surface area contributed by atoms with Crippen LogP contribution in [0.15, 0.2) is 54.6 Å². The Hall–Kier alpha value is -3.29. The first kappa shape index (κ1) is 25.8. The molecule has 4 rings (SSSR count). The highest BCUT2D eigenvalue weighted by Gasteiger charge is 2.38. The second-order valence-corrected chi connectivity index (χ2v) is 9.80. The van der Waals surface area contributed by atoms with E-state index in [1.165, 1.54) is 31.4 Å². The lowest BCUT2D eigenvalue weighted by atomic mass is 9.91. The number of benzene rings is 3. The molecule has 0 radical (unpaired) electrons. The number of hydrogen-bond acceptors (Lipinski definition) is 4. The molecular formula is C27H24Cl2FNO5. The number of fused-ring (bicyclic) bond motifs is 1. The van der Waals surface area contributed by atoms with Crippen LogP contribution in [0.4, 0.5) is 4.39 Å². The van der Waals surface area contributed by atoms with Gasteiger partial charge < -0.3 is 19.5 Å². The van der Waals surface area contributed by atoms with Crippen molar-refractivity contribution in [3.63, 3.8) is 0 Å². The van der Waals surface area contributed by atoms with E-state index in [9.17, 15) is 19.1 Å². The van der Waals surface area contributed by atoms with E-state index in [-0.39, 0.29) is 22.7 Å². The van der Waals surface area contributed by atoms with Crippen molar-refractivity contribution in [2.45, 2.75) is 31.9 Å². The van der Waals surface area contributed by atoms with Crippen LogP contribution in [-0.4, -0.2) is 41.1 Å². The predicted molar refractivity (Wildman–Crippen MR) is 135 cm³/mol. The lowest BCUT2D eigenvalue weighted by molar-refractivity contribution is -0.137. The van der Waals surface area contributed by atoms with Crippen molar-refractivity contribution in [1.82, 2.24) is 4.90 Å². The lowest BCUT2D eigenvalue weighted by Crippen LogP contribution is -2.35. The maximum atomic E-state index is 14.4. The summed E-state index contributed by atoms with van der Waals surface area (Å²) < 4.78 is 26.2. The molecule has 36 heavy (non-hydrogen) atoms. The van der Waals surface area contributed by atoms with Crippen molar-refractivity contribution in [3.8, 4) is 11.5 Å². The molecule has 6 nitrogen and oxygen atoms in total. The molecule has 188 valence electrons. The minimum absolute atomic E-state index is 0.0424. The number of carbonyl (C=O) groups excluding carboxylic acids is 1. The summed E-state index contributed by atoms with van der Waals surface area (Å²) in [6, 6.07) is 14.8. The third kappa shape index (κ3) is 5.58. The Morgan fingerprint density at radius 3 is 2.53 bits per heavy atom. The maximum absolute atomic E-state index is 14.4. The SMILES string of the molecule is COc1cc(C(=O)N(CC(=O)O)Cc2c(F)cccc2Cl)cc2c1OC(C)(Cc1ccc(Cl)cc1)C2. The second-order valence-electron chi connectivity index (χ2n) is 8.95. The topological polar surface area (TPSA) is 76.1 Å². The summed E-state index contributed by atoms with van der Waals surface area (Å²) in [6.07, 6.45) is 1.10. The molecule has 1 N–H and O–H groups in total. The van der Waals surface area contributed by atoms with Crippen LogP contribution in [0.2, 0.25) is 10.0 Å². The van der Waals surface area contributed by atoms with Gasteiger partial charge in [0.05, 0.1) is 13.7 Å². The molecule has 9 heteroatoms. The molecular weight excluding hydrogens is 508 g/mol. The van der Waals surface area contributed by atoms with Gasteiger partial charge in [0.2, 0.25) is 0 Å². The Morgan fingerprint density at radius 2 is 1.89 bits per heavy atom. The second kappa shape index (κ2) is 10.4. The zero-order valence-corrected chi connectivity index (χ0v) is 21.2. The summed E-state index contributed by atoms with van der Waals surface area (Å²) in [5.41, 5.74) is 1.46. The molecule has 1 atom stereocenters. The average molecular weight is 532 g/mol. The zero-order valence-electron chi connectivity index (χ0n) is 19.7. The molecule has 0 saturated heterocycles. The minimum Gasteiger partial charge on any atom is -0.493 e. The van der Waals surface area contributed by atoms with E-state index in [2.05, 4.69) is 0 Å². The van der Waals surface area contributed by atoms with Crippen molar-refractivity contribution in [1.29, 1.82) is 0 Å². The van der Waals surface area contributed by atoms with Crippen molar-refractivity contribution in [2.75, 3.05) is 13.7 Å². The van der Waals surface area contributed by atoms with Crippen molar-refractivity contribution < 1.29 is 28.6 Å². The predicted octanol–water partition coefficient (Wildman–Crippen LogP) is 5.80. The fraction of sp³-hybridized carbons (Fsp3) is 0.259. The number of amides is 1. The largest absolute Gasteiger partial charge is 0.493 e. The van der Waals surface area contributed by atoms with E-state index < -0.39 is 29.8 Å². The van der Waals surface area contributed by atoms with Crippen molar-refractivity contribution >= 4 is 35.1 Å². The Balaban J connectivity index is 1.63. The van der Waals surface area contributed by atoms with Gasteiger partial charge in [-0.25, -0.2) is 4.39 Å². The smallest absolute Gasteiger partial charge is 0.323 e. The van der Waals surface area contributed by atoms with Gasteiger partial charge in [-0.05, 0) is 48.9 Å². The van der Waals surface area contributed by atoms with Gasteiger partial charge in [-0.1, -0.05) is 41.4 Å². The van der Waals surface area contributed by atoms with Gasteiger partial charge in [-0.3, -0.25) is 9.59 Å². The van der Waals surface area contributed by atoms with Crippen LogP contribution in [-0.2, 0) is 24.2 Å². The highest BCUT2D eigenvalue weighted by atomic mass is 35.5. The van der Waals surface area contributed by atoms with Crippen molar-refractivity contribution in [3.05, 3.63) is 92.7 Å². The summed E-state index contributed by atoms with van der Waals surface area (Å²) >= 11 is 12.1. The van der Waals surface area contributed by atoms with Gasteiger partial charge in [0, 0.05) is 39.6 Å². The highest BCUT2D eigenvalue weighted by molar-refractivity contribution is 6.31. The first-order valence-corrected chi connectivity index (χ1v) is 11.9. The highest BCUT2D eigenvalue weighted by Crippen LogP contribution is 2.44. The third-order valence-corrected chi connectivity index (χ3v) is 6.63. The summed E-state index contributed by atoms with van der Waals surface area (Å²) in [5.74, 6) is -1.56. The first-order valence-electron chi connectivity index (χ1n) is 11.2. The monoisotopic (exact) mass is 531 g/mol. The van der Waals surface area contributed by atoms with Gasteiger partial charge in [0.1, 0.15) is 18.0 Å². The molecule has 0 fully saturated rings. The van der Waals surface area contributed by atoms with E-state index in [4.69, 9.17) is 32.7 Å². The molecule has 0 spiro atoms. The molecule has 0 aliphatic carbocycles. The van der Waals surface area contributed by atoms with E-state index in [1.54, 1.807) is 6.07 Å². The number of methoxy groups -OCH3 is 1. The van der Waals surface area contributed by atoms with Crippen LogP contribution in [0.5, 0.6) is 11.5 Å². The Bertz CT molecular complexity index is 1290. The summed E-state index contributed by atoms with van der Waals surface area (Å²) in [5, 5.41) is 10.2. The number of nitrogens with zero attached hydrogens (tertiary/aromatic N) is 1. The van der Waals surface area contributed by atoms with E-state index in [0.29, 0.717) is 29.4 Å². The molecule has 1 heterocycles. The molecule has 0 bridgehead atoms. The van der Waals surface area contributed by atoms with Crippen LogP contribution in [0.25, 0.3) is 0 Å². The molecule has 1 aliphatic rings. The zero-order chi connectivity index (χ0) is 26.0. The number of ether oxygens (including phenoxy) is 2. The average Bonchev–Trinajstić information content (AvgIpc) is 3.16. The molecule has 1 amide bonds. The summed E-state index contributed by atoms with van der Waals surface area (Å²) in [6.45, 7) is 1.04.